The van der Waals surface area contributed by atoms with Gasteiger partial charge in [-0.2, -0.15) is 0 Å². The van der Waals surface area contributed by atoms with Crippen LogP contribution in [0.4, 0.5) is 0 Å². The van der Waals surface area contributed by atoms with Gasteiger partial charge in [0, 0.05) is 5.56 Å². The second-order valence-electron chi connectivity index (χ2n) is 4.14. The zero-order valence-corrected chi connectivity index (χ0v) is 10.8. The monoisotopic (exact) mass is 265 g/mol. The lowest BCUT2D eigenvalue weighted by Crippen LogP contribution is -2.40. The predicted octanol–water partition coefficient (Wildman–Crippen LogP) is -0.975. The first kappa shape index (κ1) is 15.1. The number of carbonyl (C=O) groups excluding carboxylic acids is 2. The van der Waals surface area contributed by atoms with Crippen molar-refractivity contribution in [2.45, 2.75) is 12.5 Å². The number of amides is 2. The summed E-state index contributed by atoms with van der Waals surface area (Å²) < 4.78 is 0. The van der Waals surface area contributed by atoms with Gasteiger partial charge in [0.05, 0.1) is 6.54 Å². The van der Waals surface area contributed by atoms with Gasteiger partial charge in [-0.05, 0) is 31.6 Å². The summed E-state index contributed by atoms with van der Waals surface area (Å²) in [6, 6.07) is 7.20. The first-order valence-corrected chi connectivity index (χ1v) is 6.04. The van der Waals surface area contributed by atoms with E-state index in [9.17, 15) is 14.7 Å². The van der Waals surface area contributed by atoms with Crippen molar-refractivity contribution in [3.05, 3.63) is 35.4 Å². The van der Waals surface area contributed by atoms with Crippen molar-refractivity contribution in [3.63, 3.8) is 0 Å². The van der Waals surface area contributed by atoms with Crippen LogP contribution in [-0.4, -0.2) is 43.2 Å². The largest absolute Gasteiger partial charge is 0.381 e. The molecule has 5 N–H and O–H groups in total. The third-order valence-electron chi connectivity index (χ3n) is 2.69. The molecule has 0 fully saturated rings. The van der Waals surface area contributed by atoms with Crippen LogP contribution in [0, 0.1) is 0 Å². The summed E-state index contributed by atoms with van der Waals surface area (Å²) in [6.45, 7) is 0.572. The van der Waals surface area contributed by atoms with Crippen LogP contribution in [0.3, 0.4) is 0 Å². The van der Waals surface area contributed by atoms with E-state index in [1.807, 2.05) is 19.2 Å². The minimum atomic E-state index is -1.37. The molecule has 0 aliphatic carbocycles. The Balaban J connectivity index is 2.68. The molecule has 0 aliphatic heterocycles. The second kappa shape index (κ2) is 7.50. The third-order valence-corrected chi connectivity index (χ3v) is 2.69. The molecule has 1 aromatic rings. The summed E-state index contributed by atoms with van der Waals surface area (Å²) in [4.78, 5) is 22.6. The first-order chi connectivity index (χ1) is 9.06. The SMILES string of the molecule is CNCCc1ccccc1C(=O)NCC(O)C(N)=O. The van der Waals surface area contributed by atoms with Crippen molar-refractivity contribution in [1.82, 2.24) is 10.6 Å². The van der Waals surface area contributed by atoms with Gasteiger partial charge in [-0.1, -0.05) is 18.2 Å². The number of carbonyl (C=O) groups is 2. The van der Waals surface area contributed by atoms with Gasteiger partial charge in [0.25, 0.3) is 5.91 Å². The summed E-state index contributed by atoms with van der Waals surface area (Å²) in [7, 11) is 1.84. The van der Waals surface area contributed by atoms with Crippen molar-refractivity contribution >= 4 is 11.8 Å². The molecule has 0 radical (unpaired) electrons. The Morgan fingerprint density at radius 2 is 2.05 bits per heavy atom. The Kier molecular flexibility index (Phi) is 5.98. The van der Waals surface area contributed by atoms with Gasteiger partial charge in [0.2, 0.25) is 5.91 Å². The molecular formula is C13H19N3O3. The van der Waals surface area contributed by atoms with E-state index in [1.165, 1.54) is 0 Å². The topological polar surface area (TPSA) is 104 Å². The molecule has 1 aromatic carbocycles. The van der Waals surface area contributed by atoms with Gasteiger partial charge in [-0.15, -0.1) is 0 Å². The standard InChI is InChI=1S/C13H19N3O3/c1-15-7-6-9-4-2-3-5-10(9)13(19)16-8-11(17)12(14)18/h2-5,11,15,17H,6-8H2,1H3,(H2,14,18)(H,16,19). The van der Waals surface area contributed by atoms with Crippen molar-refractivity contribution in [3.8, 4) is 0 Å². The Bertz CT molecular complexity index is 449. The number of benzene rings is 1. The van der Waals surface area contributed by atoms with Gasteiger partial charge in [0.1, 0.15) is 6.10 Å². The number of nitrogens with one attached hydrogen (secondary N) is 2. The molecule has 0 aliphatic rings. The van der Waals surface area contributed by atoms with Crippen molar-refractivity contribution < 1.29 is 14.7 Å². The summed E-state index contributed by atoms with van der Waals surface area (Å²) in [6.07, 6.45) is -0.647. The molecule has 19 heavy (non-hydrogen) atoms. The third kappa shape index (κ3) is 4.69. The smallest absolute Gasteiger partial charge is 0.251 e. The number of rotatable bonds is 7. The minimum absolute atomic E-state index is 0.186. The Hall–Kier alpha value is -1.92. The summed E-state index contributed by atoms with van der Waals surface area (Å²) in [5, 5.41) is 14.7. The van der Waals surface area contributed by atoms with E-state index in [1.54, 1.807) is 12.1 Å². The van der Waals surface area contributed by atoms with Crippen LogP contribution >= 0.6 is 0 Å². The molecule has 1 unspecified atom stereocenters. The normalized spacial score (nSPS) is 11.9. The Labute approximate surface area is 112 Å². The first-order valence-electron chi connectivity index (χ1n) is 6.04. The lowest BCUT2D eigenvalue weighted by atomic mass is 10.0. The molecule has 1 atom stereocenters. The fourth-order valence-electron chi connectivity index (χ4n) is 1.60. The van der Waals surface area contributed by atoms with Crippen LogP contribution in [0.25, 0.3) is 0 Å². The number of nitrogens with two attached hydrogens (primary N) is 1. The maximum Gasteiger partial charge on any atom is 0.251 e. The van der Waals surface area contributed by atoms with Crippen molar-refractivity contribution in [2.24, 2.45) is 5.73 Å². The van der Waals surface area contributed by atoms with Gasteiger partial charge >= 0.3 is 0 Å². The number of aliphatic hydroxyl groups is 1. The molecule has 0 aromatic heterocycles. The average Bonchev–Trinajstić information content (AvgIpc) is 2.42. The summed E-state index contributed by atoms with van der Waals surface area (Å²) >= 11 is 0. The minimum Gasteiger partial charge on any atom is -0.381 e. The molecule has 0 saturated heterocycles. The fraction of sp³-hybridized carbons (Fsp3) is 0.385. The molecule has 0 bridgehead atoms. The molecule has 0 saturated carbocycles. The van der Waals surface area contributed by atoms with Crippen LogP contribution in [0.15, 0.2) is 24.3 Å². The maximum absolute atomic E-state index is 12.0. The lowest BCUT2D eigenvalue weighted by Gasteiger charge is -2.11. The molecule has 6 nitrogen and oxygen atoms in total. The quantitative estimate of drug-likeness (QED) is 0.509. The molecule has 0 spiro atoms. The number of primary amides is 1. The lowest BCUT2D eigenvalue weighted by molar-refractivity contribution is -0.125. The van der Waals surface area contributed by atoms with Gasteiger partial charge in [-0.3, -0.25) is 9.59 Å². The number of hydrogen-bond acceptors (Lipinski definition) is 4. The van der Waals surface area contributed by atoms with Crippen LogP contribution in [-0.2, 0) is 11.2 Å². The van der Waals surface area contributed by atoms with E-state index in [2.05, 4.69) is 10.6 Å². The Morgan fingerprint density at radius 1 is 1.37 bits per heavy atom. The molecule has 104 valence electrons. The van der Waals surface area contributed by atoms with E-state index >= 15 is 0 Å². The summed E-state index contributed by atoms with van der Waals surface area (Å²) in [5.74, 6) is -1.18. The highest BCUT2D eigenvalue weighted by Gasteiger charge is 2.14. The number of hydrogen-bond donors (Lipinski definition) is 4. The average molecular weight is 265 g/mol. The highest BCUT2D eigenvalue weighted by atomic mass is 16.3. The van der Waals surface area contributed by atoms with E-state index in [0.717, 1.165) is 18.5 Å². The maximum atomic E-state index is 12.0. The van der Waals surface area contributed by atoms with E-state index in [-0.39, 0.29) is 12.5 Å². The van der Waals surface area contributed by atoms with E-state index in [0.29, 0.717) is 5.56 Å². The summed E-state index contributed by atoms with van der Waals surface area (Å²) in [5.41, 5.74) is 6.35. The van der Waals surface area contributed by atoms with Crippen molar-refractivity contribution in [2.75, 3.05) is 20.1 Å². The molecule has 2 amide bonds. The van der Waals surface area contributed by atoms with E-state index < -0.39 is 12.0 Å². The van der Waals surface area contributed by atoms with Gasteiger partial charge in [-0.25, -0.2) is 0 Å². The fourth-order valence-corrected chi connectivity index (χ4v) is 1.60. The van der Waals surface area contributed by atoms with Crippen molar-refractivity contribution in [1.29, 1.82) is 0 Å². The van der Waals surface area contributed by atoms with E-state index in [4.69, 9.17) is 5.73 Å². The predicted molar refractivity (Wildman–Crippen MR) is 71.6 cm³/mol. The van der Waals surface area contributed by atoms with Crippen LogP contribution < -0.4 is 16.4 Å². The second-order valence-corrected chi connectivity index (χ2v) is 4.14. The van der Waals surface area contributed by atoms with Gasteiger partial charge < -0.3 is 21.5 Å². The zero-order valence-electron chi connectivity index (χ0n) is 10.8. The van der Waals surface area contributed by atoms with Crippen LogP contribution in [0.5, 0.6) is 0 Å². The number of likely N-dealkylation sites (N-methyl/N-ethyl adjacent to an activating group) is 1. The highest BCUT2D eigenvalue weighted by molar-refractivity contribution is 5.96. The highest BCUT2D eigenvalue weighted by Crippen LogP contribution is 2.09. The zero-order chi connectivity index (χ0) is 14.3. The molecule has 1 rings (SSSR count). The Morgan fingerprint density at radius 3 is 2.68 bits per heavy atom. The molecular weight excluding hydrogens is 246 g/mol. The molecule has 0 heterocycles. The van der Waals surface area contributed by atoms with Crippen LogP contribution in [0.2, 0.25) is 0 Å². The van der Waals surface area contributed by atoms with Crippen LogP contribution in [0.1, 0.15) is 15.9 Å². The number of aliphatic hydroxyl groups excluding tert-OH is 1. The molecule has 6 heteroatoms. The van der Waals surface area contributed by atoms with Gasteiger partial charge in [0.15, 0.2) is 0 Å².